The highest BCUT2D eigenvalue weighted by Gasteiger charge is 2.17. The van der Waals surface area contributed by atoms with Crippen LogP contribution in [0.3, 0.4) is 0 Å². The number of carbonyl (C=O) groups is 2. The van der Waals surface area contributed by atoms with E-state index in [1.807, 2.05) is 5.92 Å². The van der Waals surface area contributed by atoms with Gasteiger partial charge in [-0.15, -0.1) is 17.8 Å². The first-order valence-electron chi connectivity index (χ1n) is 4.04. The van der Waals surface area contributed by atoms with Crippen molar-refractivity contribution in [1.82, 2.24) is 0 Å². The molecule has 15 heavy (non-hydrogen) atoms. The van der Waals surface area contributed by atoms with E-state index >= 15 is 0 Å². The molecule has 0 unspecified atom stereocenters. The van der Waals surface area contributed by atoms with Crippen LogP contribution < -0.4 is 5.32 Å². The number of anilines is 1. The summed E-state index contributed by atoms with van der Waals surface area (Å²) in [6.07, 6.45) is 4.92. The summed E-state index contributed by atoms with van der Waals surface area (Å²) in [6.45, 7) is 1.77. The standard InChI is InChI=1S/C10H9NO3S/c1-4-7(12)11-8-6(2)5-15-9(8)10(13)14-3/h1,5H,2-3H3,(H,11,12). The number of methoxy groups -OCH3 is 1. The van der Waals surface area contributed by atoms with E-state index in [4.69, 9.17) is 6.42 Å². The van der Waals surface area contributed by atoms with Crippen LogP contribution in [0, 0.1) is 19.3 Å². The summed E-state index contributed by atoms with van der Waals surface area (Å²) in [5, 5.41) is 4.21. The first-order chi connectivity index (χ1) is 7.10. The number of nitrogens with one attached hydrogen (secondary N) is 1. The molecule has 1 aromatic heterocycles. The Kier molecular flexibility index (Phi) is 3.47. The Morgan fingerprint density at radius 3 is 2.80 bits per heavy atom. The molecule has 0 saturated heterocycles. The second kappa shape index (κ2) is 4.62. The summed E-state index contributed by atoms with van der Waals surface area (Å²) in [5.41, 5.74) is 1.21. The molecule has 0 bridgehead atoms. The van der Waals surface area contributed by atoms with Crippen LogP contribution in [-0.2, 0) is 9.53 Å². The van der Waals surface area contributed by atoms with E-state index in [1.54, 1.807) is 12.3 Å². The lowest BCUT2D eigenvalue weighted by molar-refractivity contribution is -0.111. The van der Waals surface area contributed by atoms with Crippen molar-refractivity contribution in [2.45, 2.75) is 6.92 Å². The van der Waals surface area contributed by atoms with Crippen LogP contribution in [0.4, 0.5) is 5.69 Å². The number of hydrogen-bond donors (Lipinski definition) is 1. The van der Waals surface area contributed by atoms with Gasteiger partial charge in [0.1, 0.15) is 4.88 Å². The smallest absolute Gasteiger partial charge is 0.350 e. The van der Waals surface area contributed by atoms with Crippen molar-refractivity contribution < 1.29 is 14.3 Å². The largest absolute Gasteiger partial charge is 0.465 e. The number of esters is 1. The van der Waals surface area contributed by atoms with E-state index in [0.29, 0.717) is 10.6 Å². The van der Waals surface area contributed by atoms with Gasteiger partial charge in [0, 0.05) is 0 Å². The van der Waals surface area contributed by atoms with Crippen molar-refractivity contribution in [3.63, 3.8) is 0 Å². The molecule has 0 radical (unpaired) electrons. The third-order valence-corrected chi connectivity index (χ3v) is 2.79. The monoisotopic (exact) mass is 223 g/mol. The molecule has 5 heteroatoms. The van der Waals surface area contributed by atoms with Gasteiger partial charge in [0.05, 0.1) is 12.8 Å². The lowest BCUT2D eigenvalue weighted by atomic mass is 10.2. The second-order valence-electron chi connectivity index (χ2n) is 2.71. The van der Waals surface area contributed by atoms with Gasteiger partial charge in [-0.05, 0) is 23.8 Å². The minimum atomic E-state index is -0.582. The van der Waals surface area contributed by atoms with Crippen molar-refractivity contribution in [3.8, 4) is 12.3 Å². The summed E-state index contributed by atoms with van der Waals surface area (Å²) in [7, 11) is 1.28. The highest BCUT2D eigenvalue weighted by molar-refractivity contribution is 7.12. The van der Waals surface area contributed by atoms with Gasteiger partial charge in [-0.3, -0.25) is 4.79 Å². The molecule has 1 amide bonds. The summed E-state index contributed by atoms with van der Waals surface area (Å²) in [4.78, 5) is 22.6. The third kappa shape index (κ3) is 2.36. The third-order valence-electron chi connectivity index (χ3n) is 1.72. The minimum absolute atomic E-state index is 0.346. The molecular formula is C10H9NO3S. The van der Waals surface area contributed by atoms with Gasteiger partial charge in [-0.2, -0.15) is 0 Å². The number of ether oxygens (including phenoxy) is 1. The number of rotatable bonds is 2. The molecule has 78 valence electrons. The lowest BCUT2D eigenvalue weighted by Gasteiger charge is -2.03. The van der Waals surface area contributed by atoms with Gasteiger partial charge in [0.25, 0.3) is 5.91 Å². The number of hydrogen-bond acceptors (Lipinski definition) is 4. The Bertz CT molecular complexity index is 442. The number of amides is 1. The van der Waals surface area contributed by atoms with Gasteiger partial charge in [0.15, 0.2) is 0 Å². The van der Waals surface area contributed by atoms with Crippen molar-refractivity contribution in [3.05, 3.63) is 15.8 Å². The first kappa shape index (κ1) is 11.3. The Balaban J connectivity index is 3.05. The molecule has 1 N–H and O–H groups in total. The van der Waals surface area contributed by atoms with E-state index in [1.165, 1.54) is 18.4 Å². The van der Waals surface area contributed by atoms with Crippen molar-refractivity contribution in [2.75, 3.05) is 12.4 Å². The van der Waals surface area contributed by atoms with Gasteiger partial charge < -0.3 is 10.1 Å². The maximum absolute atomic E-state index is 11.3. The van der Waals surface area contributed by atoms with Crippen molar-refractivity contribution in [2.24, 2.45) is 0 Å². The zero-order valence-electron chi connectivity index (χ0n) is 8.29. The molecule has 0 aliphatic rings. The molecular weight excluding hydrogens is 214 g/mol. The Morgan fingerprint density at radius 1 is 1.60 bits per heavy atom. The SMILES string of the molecule is C#CC(=O)Nc1c(C)csc1C(=O)OC. The zero-order valence-corrected chi connectivity index (χ0v) is 9.10. The zero-order chi connectivity index (χ0) is 11.4. The Hall–Kier alpha value is -1.80. The molecule has 1 aromatic rings. The molecule has 0 aliphatic heterocycles. The molecule has 0 aliphatic carbocycles. The van der Waals surface area contributed by atoms with Crippen LogP contribution in [0.5, 0.6) is 0 Å². The Morgan fingerprint density at radius 2 is 2.27 bits per heavy atom. The van der Waals surface area contributed by atoms with E-state index in [0.717, 1.165) is 5.56 Å². The van der Waals surface area contributed by atoms with E-state index in [2.05, 4.69) is 10.1 Å². The fourth-order valence-corrected chi connectivity index (χ4v) is 1.91. The van der Waals surface area contributed by atoms with E-state index < -0.39 is 11.9 Å². The number of aryl methyl sites for hydroxylation is 1. The highest BCUT2D eigenvalue weighted by Crippen LogP contribution is 2.28. The maximum Gasteiger partial charge on any atom is 0.350 e. The van der Waals surface area contributed by atoms with Crippen LogP contribution >= 0.6 is 11.3 Å². The quantitative estimate of drug-likeness (QED) is 0.609. The van der Waals surface area contributed by atoms with Gasteiger partial charge in [-0.25, -0.2) is 4.79 Å². The van der Waals surface area contributed by atoms with Crippen LogP contribution in [0.25, 0.3) is 0 Å². The average Bonchev–Trinajstić information content (AvgIpc) is 2.59. The Labute approximate surface area is 91.2 Å². The summed E-state index contributed by atoms with van der Waals surface area (Å²) in [6, 6.07) is 0. The van der Waals surface area contributed by atoms with E-state index in [9.17, 15) is 9.59 Å². The van der Waals surface area contributed by atoms with Crippen LogP contribution in [-0.4, -0.2) is 19.0 Å². The van der Waals surface area contributed by atoms with Crippen LogP contribution in [0.2, 0.25) is 0 Å². The number of carbonyl (C=O) groups excluding carboxylic acids is 2. The molecule has 0 spiro atoms. The lowest BCUT2D eigenvalue weighted by Crippen LogP contribution is -2.12. The van der Waals surface area contributed by atoms with Crippen LogP contribution in [0.15, 0.2) is 5.38 Å². The fourth-order valence-electron chi connectivity index (χ4n) is 0.992. The van der Waals surface area contributed by atoms with Crippen molar-refractivity contribution >= 4 is 28.9 Å². The van der Waals surface area contributed by atoms with Crippen molar-refractivity contribution in [1.29, 1.82) is 0 Å². The molecule has 4 nitrogen and oxygen atoms in total. The van der Waals surface area contributed by atoms with Crippen LogP contribution in [0.1, 0.15) is 15.2 Å². The molecule has 1 rings (SSSR count). The number of thiophene rings is 1. The summed E-state index contributed by atoms with van der Waals surface area (Å²) < 4.78 is 4.57. The van der Waals surface area contributed by atoms with Gasteiger partial charge in [-0.1, -0.05) is 0 Å². The van der Waals surface area contributed by atoms with E-state index in [-0.39, 0.29) is 0 Å². The molecule has 0 aromatic carbocycles. The van der Waals surface area contributed by atoms with Gasteiger partial charge in [0.2, 0.25) is 0 Å². The second-order valence-corrected chi connectivity index (χ2v) is 3.59. The fraction of sp³-hybridized carbons (Fsp3) is 0.200. The molecule has 0 atom stereocenters. The molecule has 0 fully saturated rings. The molecule has 0 saturated carbocycles. The predicted molar refractivity (Wildman–Crippen MR) is 57.9 cm³/mol. The first-order valence-corrected chi connectivity index (χ1v) is 4.92. The number of terminal acetylenes is 1. The summed E-state index contributed by atoms with van der Waals surface area (Å²) in [5.74, 6) is 0.850. The highest BCUT2D eigenvalue weighted by atomic mass is 32.1. The summed E-state index contributed by atoms with van der Waals surface area (Å²) >= 11 is 1.20. The minimum Gasteiger partial charge on any atom is -0.465 e. The molecule has 1 heterocycles. The predicted octanol–water partition coefficient (Wildman–Crippen LogP) is 1.41. The average molecular weight is 223 g/mol. The normalized spacial score (nSPS) is 9.13. The maximum atomic E-state index is 11.3. The van der Waals surface area contributed by atoms with Gasteiger partial charge >= 0.3 is 5.97 Å². The topological polar surface area (TPSA) is 55.4 Å².